The van der Waals surface area contributed by atoms with E-state index >= 15 is 0 Å². The Balaban J connectivity index is 2.16. The van der Waals surface area contributed by atoms with Gasteiger partial charge in [0.2, 0.25) is 5.95 Å². The molecule has 0 fully saturated rings. The Morgan fingerprint density at radius 3 is 2.65 bits per heavy atom. The lowest BCUT2D eigenvalue weighted by molar-refractivity contribution is 0.744. The van der Waals surface area contributed by atoms with Gasteiger partial charge in [-0.25, -0.2) is 4.98 Å². The highest BCUT2D eigenvalue weighted by molar-refractivity contribution is 5.40. The average Bonchev–Trinajstić information content (AvgIpc) is 2.37. The molecule has 1 aromatic carbocycles. The molecule has 0 amide bonds. The van der Waals surface area contributed by atoms with Crippen LogP contribution in [-0.2, 0) is 0 Å². The molecule has 4 nitrogen and oxygen atoms in total. The molecule has 0 saturated carbocycles. The smallest absolute Gasteiger partial charge is 0.221 e. The van der Waals surface area contributed by atoms with E-state index in [0.717, 1.165) is 12.2 Å². The monoisotopic (exact) mass is 228 g/mol. The van der Waals surface area contributed by atoms with Crippen molar-refractivity contribution in [3.05, 3.63) is 48.2 Å². The zero-order chi connectivity index (χ0) is 12.1. The fourth-order valence-corrected chi connectivity index (χ4v) is 1.74. The third-order valence-corrected chi connectivity index (χ3v) is 2.61. The zero-order valence-corrected chi connectivity index (χ0v) is 9.80. The molecule has 3 N–H and O–H groups in total. The summed E-state index contributed by atoms with van der Waals surface area (Å²) in [6.45, 7) is 2.13. The van der Waals surface area contributed by atoms with Crippen LogP contribution in [0, 0.1) is 0 Å². The van der Waals surface area contributed by atoms with Gasteiger partial charge in [-0.15, -0.1) is 0 Å². The number of nitrogens with one attached hydrogen (secondary N) is 1. The van der Waals surface area contributed by atoms with Crippen LogP contribution in [0.2, 0.25) is 0 Å². The van der Waals surface area contributed by atoms with Crippen molar-refractivity contribution in [1.82, 2.24) is 9.97 Å². The van der Waals surface area contributed by atoms with Gasteiger partial charge in [0.15, 0.2) is 0 Å². The van der Waals surface area contributed by atoms with Crippen LogP contribution in [0.25, 0.3) is 0 Å². The maximum atomic E-state index is 5.55. The minimum absolute atomic E-state index is 0.241. The molecule has 17 heavy (non-hydrogen) atoms. The Hall–Kier alpha value is -2.10. The van der Waals surface area contributed by atoms with Crippen LogP contribution in [0.3, 0.4) is 0 Å². The molecule has 1 unspecified atom stereocenters. The molecular formula is C13H16N4. The average molecular weight is 228 g/mol. The molecule has 0 aliphatic carbocycles. The first-order valence-corrected chi connectivity index (χ1v) is 5.69. The van der Waals surface area contributed by atoms with Crippen molar-refractivity contribution in [2.24, 2.45) is 0 Å². The summed E-state index contributed by atoms with van der Waals surface area (Å²) in [7, 11) is 0. The number of rotatable bonds is 4. The highest BCUT2D eigenvalue weighted by Gasteiger charge is 2.09. The minimum Gasteiger partial charge on any atom is -0.368 e. The second kappa shape index (κ2) is 5.30. The van der Waals surface area contributed by atoms with Gasteiger partial charge in [0.25, 0.3) is 0 Å². The highest BCUT2D eigenvalue weighted by atomic mass is 15.1. The Bertz CT molecular complexity index is 470. The third-order valence-electron chi connectivity index (χ3n) is 2.61. The quantitative estimate of drug-likeness (QED) is 0.844. The lowest BCUT2D eigenvalue weighted by atomic mass is 10.0. The van der Waals surface area contributed by atoms with Crippen LogP contribution in [0.15, 0.2) is 42.6 Å². The highest BCUT2D eigenvalue weighted by Crippen LogP contribution is 2.20. The molecule has 4 heteroatoms. The zero-order valence-electron chi connectivity index (χ0n) is 9.80. The Morgan fingerprint density at radius 1 is 1.24 bits per heavy atom. The Kier molecular flexibility index (Phi) is 3.55. The van der Waals surface area contributed by atoms with E-state index in [-0.39, 0.29) is 12.0 Å². The van der Waals surface area contributed by atoms with E-state index in [4.69, 9.17) is 5.73 Å². The third kappa shape index (κ3) is 2.93. The van der Waals surface area contributed by atoms with E-state index in [1.807, 2.05) is 24.3 Å². The van der Waals surface area contributed by atoms with Crippen molar-refractivity contribution in [2.75, 3.05) is 11.1 Å². The lowest BCUT2D eigenvalue weighted by Crippen LogP contribution is -2.11. The van der Waals surface area contributed by atoms with Gasteiger partial charge in [-0.05, 0) is 18.1 Å². The van der Waals surface area contributed by atoms with Crippen LogP contribution in [-0.4, -0.2) is 9.97 Å². The van der Waals surface area contributed by atoms with Crippen molar-refractivity contribution in [2.45, 2.75) is 19.4 Å². The van der Waals surface area contributed by atoms with Gasteiger partial charge in [-0.2, -0.15) is 4.98 Å². The van der Waals surface area contributed by atoms with Crippen molar-refractivity contribution >= 4 is 11.8 Å². The molecule has 88 valence electrons. The number of anilines is 2. The topological polar surface area (TPSA) is 63.8 Å². The first kappa shape index (κ1) is 11.4. The maximum absolute atomic E-state index is 5.55. The first-order chi connectivity index (χ1) is 8.29. The van der Waals surface area contributed by atoms with Gasteiger partial charge in [-0.3, -0.25) is 0 Å². The van der Waals surface area contributed by atoms with Gasteiger partial charge in [0.05, 0.1) is 6.04 Å². The molecule has 1 aromatic heterocycles. The van der Waals surface area contributed by atoms with E-state index in [0.29, 0.717) is 0 Å². The largest absolute Gasteiger partial charge is 0.368 e. The maximum Gasteiger partial charge on any atom is 0.221 e. The molecule has 0 radical (unpaired) electrons. The molecule has 1 atom stereocenters. The van der Waals surface area contributed by atoms with Gasteiger partial charge in [0, 0.05) is 6.20 Å². The fraction of sp³-hybridized carbons (Fsp3) is 0.231. The first-order valence-electron chi connectivity index (χ1n) is 5.69. The van der Waals surface area contributed by atoms with Crippen molar-refractivity contribution < 1.29 is 0 Å². The molecule has 0 aliphatic rings. The number of hydrogen-bond acceptors (Lipinski definition) is 4. The van der Waals surface area contributed by atoms with E-state index in [1.165, 1.54) is 5.56 Å². The van der Waals surface area contributed by atoms with E-state index in [1.54, 1.807) is 6.20 Å². The van der Waals surface area contributed by atoms with Crippen molar-refractivity contribution in [3.63, 3.8) is 0 Å². The number of nitrogens with two attached hydrogens (primary N) is 1. The molecule has 0 spiro atoms. The van der Waals surface area contributed by atoms with Crippen molar-refractivity contribution in [3.8, 4) is 0 Å². The van der Waals surface area contributed by atoms with Gasteiger partial charge in [0.1, 0.15) is 5.82 Å². The Morgan fingerprint density at radius 2 is 2.00 bits per heavy atom. The summed E-state index contributed by atoms with van der Waals surface area (Å²) in [6, 6.07) is 12.4. The molecule has 2 aromatic rings. The standard InChI is InChI=1S/C13H16N4/c1-2-11(10-6-4-3-5-7-10)16-12-8-9-15-13(14)17-12/h3-9,11H,2H2,1H3,(H3,14,15,16,17). The summed E-state index contributed by atoms with van der Waals surface area (Å²) in [5.41, 5.74) is 6.79. The van der Waals surface area contributed by atoms with Crippen LogP contribution >= 0.6 is 0 Å². The fourth-order valence-electron chi connectivity index (χ4n) is 1.74. The van der Waals surface area contributed by atoms with E-state index < -0.39 is 0 Å². The van der Waals surface area contributed by atoms with Gasteiger partial charge < -0.3 is 11.1 Å². The lowest BCUT2D eigenvalue weighted by Gasteiger charge is -2.17. The van der Waals surface area contributed by atoms with E-state index in [9.17, 15) is 0 Å². The molecule has 2 rings (SSSR count). The summed E-state index contributed by atoms with van der Waals surface area (Å²) in [4.78, 5) is 8.01. The number of aromatic nitrogens is 2. The summed E-state index contributed by atoms with van der Waals surface area (Å²) in [5, 5.41) is 3.35. The molecule has 1 heterocycles. The molecule has 0 aliphatic heterocycles. The van der Waals surface area contributed by atoms with Gasteiger partial charge >= 0.3 is 0 Å². The summed E-state index contributed by atoms with van der Waals surface area (Å²) >= 11 is 0. The second-order valence-corrected chi connectivity index (χ2v) is 3.82. The van der Waals surface area contributed by atoms with Crippen molar-refractivity contribution in [1.29, 1.82) is 0 Å². The van der Waals surface area contributed by atoms with Crippen LogP contribution < -0.4 is 11.1 Å². The molecule has 0 saturated heterocycles. The molecular weight excluding hydrogens is 212 g/mol. The normalized spacial score (nSPS) is 12.1. The number of hydrogen-bond donors (Lipinski definition) is 2. The van der Waals surface area contributed by atoms with Crippen LogP contribution in [0.4, 0.5) is 11.8 Å². The van der Waals surface area contributed by atoms with Crippen LogP contribution in [0.1, 0.15) is 24.9 Å². The predicted molar refractivity (Wildman–Crippen MR) is 69.5 cm³/mol. The molecule has 0 bridgehead atoms. The summed E-state index contributed by atoms with van der Waals surface area (Å²) in [6.07, 6.45) is 2.64. The Labute approximate surface area is 101 Å². The summed E-state index contributed by atoms with van der Waals surface area (Å²) in [5.74, 6) is 1.05. The number of nitrogen functional groups attached to an aromatic ring is 1. The SMILES string of the molecule is CCC(Nc1ccnc(N)n1)c1ccccc1. The van der Waals surface area contributed by atoms with Crippen LogP contribution in [0.5, 0.6) is 0 Å². The number of nitrogens with zero attached hydrogens (tertiary/aromatic N) is 2. The second-order valence-electron chi connectivity index (χ2n) is 3.82. The summed E-state index contributed by atoms with van der Waals surface area (Å²) < 4.78 is 0. The van der Waals surface area contributed by atoms with Gasteiger partial charge in [-0.1, -0.05) is 37.3 Å². The number of benzene rings is 1. The van der Waals surface area contributed by atoms with E-state index in [2.05, 4.69) is 34.3 Å². The predicted octanol–water partition coefficient (Wildman–Crippen LogP) is 2.62. The minimum atomic E-state index is 0.241.